The van der Waals surface area contributed by atoms with E-state index in [-0.39, 0.29) is 11.8 Å². The van der Waals surface area contributed by atoms with E-state index in [0.717, 1.165) is 73.0 Å². The molecule has 0 spiro atoms. The van der Waals surface area contributed by atoms with Gasteiger partial charge in [0.25, 0.3) is 0 Å². The van der Waals surface area contributed by atoms with E-state index in [2.05, 4.69) is 10.2 Å². The summed E-state index contributed by atoms with van der Waals surface area (Å²) in [7, 11) is 0. The number of nitrogens with one attached hydrogen (secondary N) is 1. The fraction of sp³-hybridized carbons (Fsp3) is 0.448. The van der Waals surface area contributed by atoms with Crippen LogP contribution in [0.4, 0.5) is 0 Å². The summed E-state index contributed by atoms with van der Waals surface area (Å²) in [6.07, 6.45) is 2.42. The lowest BCUT2D eigenvalue weighted by molar-refractivity contribution is -0.126. The van der Waals surface area contributed by atoms with Gasteiger partial charge < -0.3 is 19.2 Å². The Hall–Kier alpha value is -3.03. The third-order valence-corrected chi connectivity index (χ3v) is 6.89. The van der Waals surface area contributed by atoms with Crippen molar-refractivity contribution in [2.24, 2.45) is 5.92 Å². The second kappa shape index (κ2) is 13.0. The van der Waals surface area contributed by atoms with E-state index in [1.54, 1.807) is 0 Å². The molecule has 1 aromatic heterocycles. The number of benzene rings is 2. The lowest BCUT2D eigenvalue weighted by Gasteiger charge is -2.30. The van der Waals surface area contributed by atoms with Gasteiger partial charge >= 0.3 is 0 Å². The van der Waals surface area contributed by atoms with E-state index in [1.165, 1.54) is 0 Å². The predicted molar refractivity (Wildman–Crippen MR) is 145 cm³/mol. The lowest BCUT2D eigenvalue weighted by atomic mass is 9.95. The lowest BCUT2D eigenvalue weighted by Crippen LogP contribution is -2.40. The maximum absolute atomic E-state index is 12.8. The van der Waals surface area contributed by atoms with E-state index in [0.29, 0.717) is 30.7 Å². The van der Waals surface area contributed by atoms with Gasteiger partial charge in [-0.25, -0.2) is 4.98 Å². The zero-order valence-corrected chi connectivity index (χ0v) is 22.6. The third kappa shape index (κ3) is 7.27. The highest BCUT2D eigenvalue weighted by Gasteiger charge is 2.26. The molecule has 1 saturated heterocycles. The largest absolute Gasteiger partial charge is 0.490 e. The number of aromatic nitrogens is 1. The van der Waals surface area contributed by atoms with Crippen molar-refractivity contribution in [1.82, 2.24) is 15.2 Å². The Bertz CT molecular complexity index is 1170. The number of carbonyl (C=O) groups excluding carboxylic acids is 1. The Labute approximate surface area is 224 Å². The van der Waals surface area contributed by atoms with Gasteiger partial charge in [-0.15, -0.1) is 0 Å². The molecule has 0 unspecified atom stereocenters. The molecule has 37 heavy (non-hydrogen) atoms. The quantitative estimate of drug-likeness (QED) is 0.347. The molecule has 0 aliphatic carbocycles. The molecule has 0 atom stereocenters. The van der Waals surface area contributed by atoms with Crippen molar-refractivity contribution in [3.05, 3.63) is 64.5 Å². The number of ether oxygens (including phenoxy) is 2. The number of rotatable bonds is 11. The first-order chi connectivity index (χ1) is 18.0. The normalized spacial score (nSPS) is 14.5. The third-order valence-electron chi connectivity index (χ3n) is 6.64. The standard InChI is InChI=1S/C29H36ClN3O4/c1-4-35-26-11-6-21(18-27(26)36-5-2)12-15-31-28(34)22-13-16-33(17-14-22)19-25-20(3)37-29(32-25)23-7-9-24(30)10-8-23/h6-11,18,22H,4-5,12-17,19H2,1-3H3,(H,31,34). The molecule has 0 saturated carbocycles. The predicted octanol–water partition coefficient (Wildman–Crippen LogP) is 5.67. The van der Waals surface area contributed by atoms with E-state index in [1.807, 2.05) is 63.2 Å². The Kier molecular flexibility index (Phi) is 9.47. The van der Waals surface area contributed by atoms with Gasteiger partial charge in [-0.1, -0.05) is 17.7 Å². The van der Waals surface area contributed by atoms with Crippen molar-refractivity contribution in [3.63, 3.8) is 0 Å². The number of hydrogen-bond donors (Lipinski definition) is 1. The molecule has 7 nitrogen and oxygen atoms in total. The monoisotopic (exact) mass is 525 g/mol. The average Bonchev–Trinajstić information content (AvgIpc) is 3.26. The second-order valence-corrected chi connectivity index (χ2v) is 9.70. The van der Waals surface area contributed by atoms with Crippen molar-refractivity contribution in [1.29, 1.82) is 0 Å². The Balaban J connectivity index is 1.23. The van der Waals surface area contributed by atoms with Crippen LogP contribution >= 0.6 is 11.6 Å². The van der Waals surface area contributed by atoms with Crippen molar-refractivity contribution < 1.29 is 18.7 Å². The number of carbonyl (C=O) groups is 1. The number of halogens is 1. The first kappa shape index (κ1) is 27.0. The summed E-state index contributed by atoms with van der Waals surface area (Å²) in [5.41, 5.74) is 2.96. The summed E-state index contributed by atoms with van der Waals surface area (Å²) >= 11 is 5.99. The van der Waals surface area contributed by atoms with Crippen molar-refractivity contribution in [2.45, 2.75) is 46.6 Å². The molecule has 1 N–H and O–H groups in total. The first-order valence-corrected chi connectivity index (χ1v) is 13.5. The zero-order valence-electron chi connectivity index (χ0n) is 21.9. The van der Waals surface area contributed by atoms with Gasteiger partial charge in [-0.2, -0.15) is 0 Å². The first-order valence-electron chi connectivity index (χ1n) is 13.1. The van der Waals surface area contributed by atoms with Crippen LogP contribution in [0, 0.1) is 12.8 Å². The molecule has 2 heterocycles. The highest BCUT2D eigenvalue weighted by Crippen LogP contribution is 2.29. The molecule has 2 aromatic carbocycles. The van der Waals surface area contributed by atoms with Crippen LogP contribution in [0.25, 0.3) is 11.5 Å². The summed E-state index contributed by atoms with van der Waals surface area (Å²) in [5, 5.41) is 3.81. The molecule has 0 radical (unpaired) electrons. The number of piperidine rings is 1. The molecule has 198 valence electrons. The molecule has 1 fully saturated rings. The topological polar surface area (TPSA) is 76.8 Å². The van der Waals surface area contributed by atoms with Gasteiger partial charge in [0.2, 0.25) is 11.8 Å². The Morgan fingerprint density at radius 1 is 1.08 bits per heavy atom. The minimum Gasteiger partial charge on any atom is -0.490 e. The minimum absolute atomic E-state index is 0.0404. The molecular formula is C29H36ClN3O4. The Morgan fingerprint density at radius 3 is 2.49 bits per heavy atom. The molecule has 1 amide bonds. The minimum atomic E-state index is 0.0404. The summed E-state index contributed by atoms with van der Waals surface area (Å²) in [4.78, 5) is 19.8. The molecule has 4 rings (SSSR count). The van der Waals surface area contributed by atoms with Gasteiger partial charge in [-0.3, -0.25) is 9.69 Å². The molecule has 1 aliphatic heterocycles. The van der Waals surface area contributed by atoms with Crippen LogP contribution in [0.5, 0.6) is 11.5 Å². The summed E-state index contributed by atoms with van der Waals surface area (Å²) in [6.45, 7) is 10.1. The maximum atomic E-state index is 12.8. The highest BCUT2D eigenvalue weighted by molar-refractivity contribution is 6.30. The number of nitrogens with zero attached hydrogens (tertiary/aromatic N) is 2. The van der Waals surface area contributed by atoms with Gasteiger partial charge in [-0.05, 0) is 95.1 Å². The van der Waals surface area contributed by atoms with Crippen LogP contribution in [0.3, 0.4) is 0 Å². The van der Waals surface area contributed by atoms with E-state index < -0.39 is 0 Å². The van der Waals surface area contributed by atoms with Gasteiger partial charge in [0.1, 0.15) is 5.76 Å². The number of hydrogen-bond acceptors (Lipinski definition) is 6. The Morgan fingerprint density at radius 2 is 1.78 bits per heavy atom. The fourth-order valence-corrected chi connectivity index (χ4v) is 4.71. The maximum Gasteiger partial charge on any atom is 0.226 e. The van der Waals surface area contributed by atoms with E-state index >= 15 is 0 Å². The number of aryl methyl sites for hydroxylation is 1. The highest BCUT2D eigenvalue weighted by atomic mass is 35.5. The van der Waals surface area contributed by atoms with E-state index in [4.69, 9.17) is 30.5 Å². The second-order valence-electron chi connectivity index (χ2n) is 9.27. The number of oxazole rings is 1. The van der Waals surface area contributed by atoms with E-state index in [9.17, 15) is 4.79 Å². The number of amides is 1. The zero-order chi connectivity index (χ0) is 26.2. The van der Waals surface area contributed by atoms with Gasteiger partial charge in [0.05, 0.1) is 18.9 Å². The molecule has 8 heteroatoms. The summed E-state index contributed by atoms with van der Waals surface area (Å²) in [5.74, 6) is 3.12. The van der Waals surface area contributed by atoms with Gasteiger partial charge in [0.15, 0.2) is 11.5 Å². The SMILES string of the molecule is CCOc1ccc(CCNC(=O)C2CCN(Cc3nc(-c4ccc(Cl)cc4)oc3C)CC2)cc1OCC. The van der Waals surface area contributed by atoms with Crippen LogP contribution in [0.1, 0.15) is 43.7 Å². The van der Waals surface area contributed by atoms with Crippen molar-refractivity contribution >= 4 is 17.5 Å². The van der Waals surface area contributed by atoms with Crippen molar-refractivity contribution in [3.8, 4) is 23.0 Å². The van der Waals surface area contributed by atoms with Crippen molar-refractivity contribution in [2.75, 3.05) is 32.8 Å². The van der Waals surface area contributed by atoms with Gasteiger partial charge in [0, 0.05) is 29.6 Å². The molecule has 0 bridgehead atoms. The van der Waals surface area contributed by atoms with Crippen LogP contribution in [-0.4, -0.2) is 48.6 Å². The summed E-state index contributed by atoms with van der Waals surface area (Å²) < 4.78 is 17.2. The van der Waals surface area contributed by atoms with Crippen LogP contribution < -0.4 is 14.8 Å². The summed E-state index contributed by atoms with van der Waals surface area (Å²) in [6, 6.07) is 13.5. The molecular weight excluding hydrogens is 490 g/mol. The fourth-order valence-electron chi connectivity index (χ4n) is 4.58. The smallest absolute Gasteiger partial charge is 0.226 e. The van der Waals surface area contributed by atoms with Crippen LogP contribution in [0.2, 0.25) is 5.02 Å². The average molecular weight is 526 g/mol. The molecule has 1 aliphatic rings. The molecule has 3 aromatic rings. The number of likely N-dealkylation sites (tertiary alicyclic amines) is 1. The van der Waals surface area contributed by atoms with Crippen LogP contribution in [-0.2, 0) is 17.8 Å². The van der Waals surface area contributed by atoms with Crippen LogP contribution in [0.15, 0.2) is 46.9 Å².